The fourth-order valence-corrected chi connectivity index (χ4v) is 1.25. The summed E-state index contributed by atoms with van der Waals surface area (Å²) in [5.41, 5.74) is -0.0863. The summed E-state index contributed by atoms with van der Waals surface area (Å²) < 4.78 is 4.79. The van der Waals surface area contributed by atoms with Gasteiger partial charge in [0.2, 0.25) is 5.56 Å². The summed E-state index contributed by atoms with van der Waals surface area (Å²) in [5, 5.41) is 2.70. The van der Waals surface area contributed by atoms with Crippen LogP contribution < -0.4 is 10.9 Å². The lowest BCUT2D eigenvalue weighted by molar-refractivity contribution is -0.124. The third-order valence-corrected chi connectivity index (χ3v) is 2.30. The van der Waals surface area contributed by atoms with Crippen LogP contribution in [0.5, 0.6) is 0 Å². The van der Waals surface area contributed by atoms with Gasteiger partial charge in [-0.2, -0.15) is 0 Å². The van der Waals surface area contributed by atoms with Crippen molar-refractivity contribution in [1.82, 2.24) is 10.3 Å². The van der Waals surface area contributed by atoms with Crippen LogP contribution in [0.25, 0.3) is 0 Å². The van der Waals surface area contributed by atoms with E-state index >= 15 is 0 Å². The van der Waals surface area contributed by atoms with Crippen LogP contribution in [0.3, 0.4) is 0 Å². The van der Waals surface area contributed by atoms with Crippen LogP contribution in [-0.2, 0) is 9.53 Å². The molecule has 1 heterocycles. The highest BCUT2D eigenvalue weighted by atomic mass is 16.5. The third kappa shape index (κ3) is 3.44. The van der Waals surface area contributed by atoms with E-state index in [-0.39, 0.29) is 29.7 Å². The van der Waals surface area contributed by atoms with Crippen molar-refractivity contribution in [3.8, 4) is 0 Å². The Morgan fingerprint density at radius 2 is 2.18 bits per heavy atom. The second-order valence-corrected chi connectivity index (χ2v) is 3.86. The van der Waals surface area contributed by atoms with E-state index in [9.17, 15) is 14.4 Å². The summed E-state index contributed by atoms with van der Waals surface area (Å²) in [6, 6.07) is 2.81. The van der Waals surface area contributed by atoms with Crippen LogP contribution in [0.2, 0.25) is 0 Å². The van der Waals surface area contributed by atoms with E-state index in [0.29, 0.717) is 0 Å². The molecule has 2 N–H and O–H groups in total. The van der Waals surface area contributed by atoms with Gasteiger partial charge in [0.15, 0.2) is 6.61 Å². The molecule has 0 atom stereocenters. The Morgan fingerprint density at radius 3 is 2.76 bits per heavy atom. The maximum absolute atomic E-state index is 11.4. The number of ether oxygens (including phenoxy) is 1. The zero-order chi connectivity index (χ0) is 12.3. The van der Waals surface area contributed by atoms with Crippen molar-refractivity contribution in [1.29, 1.82) is 0 Å². The summed E-state index contributed by atoms with van der Waals surface area (Å²) in [6.07, 6.45) is 3.22. The Bertz CT molecular complexity index is 470. The van der Waals surface area contributed by atoms with Crippen molar-refractivity contribution in [2.24, 2.45) is 0 Å². The van der Waals surface area contributed by atoms with E-state index < -0.39 is 5.97 Å². The van der Waals surface area contributed by atoms with Crippen molar-refractivity contribution >= 4 is 11.9 Å². The Labute approximate surface area is 97.0 Å². The van der Waals surface area contributed by atoms with Gasteiger partial charge in [-0.15, -0.1) is 0 Å². The van der Waals surface area contributed by atoms with Gasteiger partial charge in [0.1, 0.15) is 0 Å². The van der Waals surface area contributed by atoms with Crippen molar-refractivity contribution in [2.75, 3.05) is 6.61 Å². The number of esters is 1. The molecule has 1 amide bonds. The summed E-state index contributed by atoms with van der Waals surface area (Å²) >= 11 is 0. The topological polar surface area (TPSA) is 88.3 Å². The van der Waals surface area contributed by atoms with E-state index in [1.807, 2.05) is 0 Å². The Balaban J connectivity index is 1.81. The second kappa shape index (κ2) is 4.82. The minimum Gasteiger partial charge on any atom is -0.452 e. The number of aromatic amines is 1. The molecule has 1 aliphatic rings. The quantitative estimate of drug-likeness (QED) is 0.709. The molecule has 6 nitrogen and oxygen atoms in total. The number of amides is 1. The van der Waals surface area contributed by atoms with Gasteiger partial charge in [0.05, 0.1) is 5.56 Å². The number of carbonyl (C=O) groups is 2. The number of nitrogens with one attached hydrogen (secondary N) is 2. The average Bonchev–Trinajstić information content (AvgIpc) is 3.11. The largest absolute Gasteiger partial charge is 0.452 e. The zero-order valence-electron chi connectivity index (χ0n) is 9.06. The van der Waals surface area contributed by atoms with Gasteiger partial charge in [0, 0.05) is 18.3 Å². The predicted molar refractivity (Wildman–Crippen MR) is 58.5 cm³/mol. The minimum atomic E-state index is -0.632. The van der Waals surface area contributed by atoms with Gasteiger partial charge in [-0.1, -0.05) is 0 Å². The van der Waals surface area contributed by atoms with Crippen molar-refractivity contribution in [3.05, 3.63) is 34.2 Å². The molecule has 6 heteroatoms. The van der Waals surface area contributed by atoms with Gasteiger partial charge in [-0.25, -0.2) is 4.79 Å². The number of hydrogen-bond donors (Lipinski definition) is 2. The molecule has 1 fully saturated rings. The van der Waals surface area contributed by atoms with E-state index in [1.54, 1.807) is 0 Å². The summed E-state index contributed by atoms with van der Waals surface area (Å²) in [6.45, 7) is -0.297. The van der Waals surface area contributed by atoms with Crippen molar-refractivity contribution in [3.63, 3.8) is 0 Å². The predicted octanol–water partition coefficient (Wildman–Crippen LogP) is -0.190. The SMILES string of the molecule is O=C(COC(=O)c1ccc(=O)[nH]c1)NC1CC1. The number of rotatable bonds is 4. The highest BCUT2D eigenvalue weighted by Gasteiger charge is 2.23. The first kappa shape index (κ1) is 11.4. The van der Waals surface area contributed by atoms with Crippen LogP contribution >= 0.6 is 0 Å². The lowest BCUT2D eigenvalue weighted by Crippen LogP contribution is -2.30. The first-order valence-electron chi connectivity index (χ1n) is 5.30. The summed E-state index contributed by atoms with van der Waals surface area (Å²) in [5.74, 6) is -0.933. The first-order chi connectivity index (χ1) is 8.15. The molecule has 17 heavy (non-hydrogen) atoms. The molecule has 0 radical (unpaired) electrons. The number of pyridine rings is 1. The van der Waals surface area contributed by atoms with Crippen LogP contribution in [0.4, 0.5) is 0 Å². The van der Waals surface area contributed by atoms with Gasteiger partial charge < -0.3 is 15.0 Å². The highest BCUT2D eigenvalue weighted by Crippen LogP contribution is 2.18. The standard InChI is InChI=1S/C11H12N2O4/c14-9-4-1-7(5-12-9)11(16)17-6-10(15)13-8-2-3-8/h1,4-5,8H,2-3,6H2,(H,12,14)(H,13,15). The van der Waals surface area contributed by atoms with Crippen LogP contribution in [0.15, 0.2) is 23.1 Å². The molecule has 0 saturated heterocycles. The van der Waals surface area contributed by atoms with Gasteiger partial charge in [0.25, 0.3) is 5.91 Å². The molecule has 1 saturated carbocycles. The van der Waals surface area contributed by atoms with Gasteiger partial charge in [-0.05, 0) is 18.9 Å². The van der Waals surface area contributed by atoms with Gasteiger partial charge in [-0.3, -0.25) is 9.59 Å². The number of carbonyl (C=O) groups excluding carboxylic acids is 2. The molecule has 0 bridgehead atoms. The van der Waals surface area contributed by atoms with Crippen LogP contribution in [0, 0.1) is 0 Å². The van der Waals surface area contributed by atoms with Crippen molar-refractivity contribution < 1.29 is 14.3 Å². The Kier molecular flexibility index (Phi) is 3.22. The number of hydrogen-bond acceptors (Lipinski definition) is 4. The molecule has 1 aromatic rings. The minimum absolute atomic E-state index is 0.212. The number of H-pyrrole nitrogens is 1. The average molecular weight is 236 g/mol. The van der Waals surface area contributed by atoms with E-state index in [0.717, 1.165) is 12.8 Å². The molecule has 0 aromatic carbocycles. The molecule has 2 rings (SSSR count). The van der Waals surface area contributed by atoms with Crippen molar-refractivity contribution in [2.45, 2.75) is 18.9 Å². The van der Waals surface area contributed by atoms with E-state index in [1.165, 1.54) is 18.3 Å². The first-order valence-corrected chi connectivity index (χ1v) is 5.30. The smallest absolute Gasteiger partial charge is 0.340 e. The van der Waals surface area contributed by atoms with E-state index in [2.05, 4.69) is 10.3 Å². The zero-order valence-corrected chi connectivity index (χ0v) is 9.06. The Morgan fingerprint density at radius 1 is 1.41 bits per heavy atom. The summed E-state index contributed by atoms with van der Waals surface area (Å²) in [4.78, 5) is 35.8. The van der Waals surface area contributed by atoms with Crippen LogP contribution in [0.1, 0.15) is 23.2 Å². The maximum atomic E-state index is 11.4. The van der Waals surface area contributed by atoms with Gasteiger partial charge >= 0.3 is 5.97 Å². The van der Waals surface area contributed by atoms with Crippen LogP contribution in [-0.4, -0.2) is 29.5 Å². The molecule has 90 valence electrons. The molecule has 1 aliphatic carbocycles. The maximum Gasteiger partial charge on any atom is 0.340 e. The normalized spacial score (nSPS) is 14.1. The molecular formula is C11H12N2O4. The monoisotopic (exact) mass is 236 g/mol. The third-order valence-electron chi connectivity index (χ3n) is 2.30. The summed E-state index contributed by atoms with van der Waals surface area (Å²) in [7, 11) is 0. The second-order valence-electron chi connectivity index (χ2n) is 3.86. The highest BCUT2D eigenvalue weighted by molar-refractivity contribution is 5.90. The molecule has 1 aromatic heterocycles. The molecule has 0 aliphatic heterocycles. The number of aromatic nitrogens is 1. The molecule has 0 spiro atoms. The lowest BCUT2D eigenvalue weighted by atomic mass is 10.3. The fraction of sp³-hybridized carbons (Fsp3) is 0.364. The fourth-order valence-electron chi connectivity index (χ4n) is 1.25. The lowest BCUT2D eigenvalue weighted by Gasteiger charge is -2.04. The molecule has 0 unspecified atom stereocenters. The Hall–Kier alpha value is -2.11. The molecular weight excluding hydrogens is 224 g/mol. The van der Waals surface area contributed by atoms with E-state index in [4.69, 9.17) is 4.74 Å².